The second-order valence-corrected chi connectivity index (χ2v) is 7.38. The number of anilines is 1. The zero-order valence-corrected chi connectivity index (χ0v) is 16.4. The normalized spacial score (nSPS) is 18.7. The van der Waals surface area contributed by atoms with Crippen molar-refractivity contribution in [2.45, 2.75) is 25.9 Å². The Balaban J connectivity index is 1.52. The molecule has 4 rings (SSSR count). The molecule has 1 atom stereocenters. The molecule has 1 N–H and O–H groups in total. The number of amides is 2. The van der Waals surface area contributed by atoms with Crippen LogP contribution in [0.1, 0.15) is 18.2 Å². The van der Waals surface area contributed by atoms with Crippen LogP contribution in [-0.2, 0) is 22.5 Å². The predicted octanol–water partition coefficient (Wildman–Crippen LogP) is 2.75. The first-order valence-corrected chi connectivity index (χ1v) is 9.51. The number of fused-ring (bicyclic) bond motifs is 1. The number of allylic oxidation sites excluding steroid dienone is 2. The molecule has 8 heteroatoms. The molecule has 2 aromatic rings. The van der Waals surface area contributed by atoms with E-state index in [0.29, 0.717) is 6.54 Å². The van der Waals surface area contributed by atoms with Gasteiger partial charge in [0, 0.05) is 32.1 Å². The molecule has 2 aliphatic heterocycles. The lowest BCUT2D eigenvalue weighted by Crippen LogP contribution is -2.42. The van der Waals surface area contributed by atoms with Gasteiger partial charge in [-0.15, -0.1) is 0 Å². The molecule has 7 nitrogen and oxygen atoms in total. The van der Waals surface area contributed by atoms with Gasteiger partial charge in [0.1, 0.15) is 11.2 Å². The van der Waals surface area contributed by atoms with E-state index in [1.807, 2.05) is 30.6 Å². The molecule has 3 heterocycles. The minimum absolute atomic E-state index is 0.126. The Labute approximate surface area is 165 Å². The van der Waals surface area contributed by atoms with E-state index in [2.05, 4.69) is 36.9 Å². The number of carbonyl (C=O) groups is 2. The van der Waals surface area contributed by atoms with Gasteiger partial charge in [-0.1, -0.05) is 18.2 Å². The fourth-order valence-electron chi connectivity index (χ4n) is 3.42. The highest BCUT2D eigenvalue weighted by atomic mass is 79.9. The maximum absolute atomic E-state index is 12.1. The van der Waals surface area contributed by atoms with Crippen LogP contribution < -0.4 is 10.2 Å². The number of hydrogen-bond donors (Lipinski definition) is 1. The summed E-state index contributed by atoms with van der Waals surface area (Å²) in [5.74, 6) is -0.126. The van der Waals surface area contributed by atoms with Gasteiger partial charge in [0.05, 0.1) is 18.1 Å². The number of nitrogens with one attached hydrogen (secondary N) is 1. The Morgan fingerprint density at radius 3 is 2.89 bits per heavy atom. The van der Waals surface area contributed by atoms with Crippen LogP contribution in [-0.4, -0.2) is 40.7 Å². The van der Waals surface area contributed by atoms with Gasteiger partial charge in [-0.25, -0.2) is 9.78 Å². The van der Waals surface area contributed by atoms with Crippen LogP contribution in [0.2, 0.25) is 0 Å². The molecule has 0 bridgehead atoms. The number of imidazole rings is 1. The summed E-state index contributed by atoms with van der Waals surface area (Å²) in [6.45, 7) is 2.89. The fraction of sp³-hybridized carbons (Fsp3) is 0.316. The summed E-state index contributed by atoms with van der Waals surface area (Å²) in [6.07, 6.45) is 4.45. The highest BCUT2D eigenvalue weighted by Gasteiger charge is 2.34. The van der Waals surface area contributed by atoms with Crippen molar-refractivity contribution < 1.29 is 14.3 Å². The molecule has 27 heavy (non-hydrogen) atoms. The summed E-state index contributed by atoms with van der Waals surface area (Å²) < 4.78 is 8.16. The summed E-state index contributed by atoms with van der Waals surface area (Å²) in [6, 6.07) is 7.67. The maximum atomic E-state index is 12.1. The van der Waals surface area contributed by atoms with Crippen molar-refractivity contribution in [3.05, 3.63) is 52.5 Å². The van der Waals surface area contributed by atoms with Crippen molar-refractivity contribution in [1.82, 2.24) is 14.9 Å². The lowest BCUT2D eigenvalue weighted by Gasteiger charge is -2.22. The van der Waals surface area contributed by atoms with E-state index < -0.39 is 0 Å². The molecule has 140 valence electrons. The number of ether oxygens (including phenoxy) is 1. The van der Waals surface area contributed by atoms with Crippen molar-refractivity contribution in [3.63, 3.8) is 0 Å². The number of aromatic nitrogens is 2. The first-order valence-electron chi connectivity index (χ1n) is 8.72. The van der Waals surface area contributed by atoms with Crippen LogP contribution in [0, 0.1) is 0 Å². The minimum Gasteiger partial charge on any atom is -0.447 e. The topological polar surface area (TPSA) is 76.5 Å². The van der Waals surface area contributed by atoms with Crippen molar-refractivity contribution >= 4 is 39.2 Å². The van der Waals surface area contributed by atoms with Crippen molar-refractivity contribution in [1.29, 1.82) is 0 Å². The van der Waals surface area contributed by atoms with Crippen molar-refractivity contribution in [3.8, 4) is 0 Å². The number of carbonyl (C=O) groups excluding carboxylic acids is 2. The van der Waals surface area contributed by atoms with E-state index in [-0.39, 0.29) is 24.6 Å². The number of hydrogen-bond acceptors (Lipinski definition) is 4. The Morgan fingerprint density at radius 1 is 1.37 bits per heavy atom. The van der Waals surface area contributed by atoms with E-state index in [4.69, 9.17) is 4.74 Å². The molecule has 0 spiro atoms. The quantitative estimate of drug-likeness (QED) is 0.808. The Morgan fingerprint density at radius 2 is 2.15 bits per heavy atom. The Hall–Kier alpha value is -2.61. The third-order valence-corrected chi connectivity index (χ3v) is 5.51. The summed E-state index contributed by atoms with van der Waals surface area (Å²) in [7, 11) is 0. The molecule has 0 saturated carbocycles. The van der Waals surface area contributed by atoms with Crippen LogP contribution in [0.4, 0.5) is 10.5 Å². The lowest BCUT2D eigenvalue weighted by molar-refractivity contribution is -0.119. The van der Waals surface area contributed by atoms with Crippen LogP contribution in [0.5, 0.6) is 0 Å². The largest absolute Gasteiger partial charge is 0.447 e. The van der Waals surface area contributed by atoms with Gasteiger partial charge in [0.25, 0.3) is 0 Å². The number of rotatable bonds is 4. The SMILES string of the molecule is CC(=O)NCC1COC(=O)N1c1ccc(C2=CCn3cnc(Br)c3C2)cc1. The summed E-state index contributed by atoms with van der Waals surface area (Å²) >= 11 is 3.50. The summed E-state index contributed by atoms with van der Waals surface area (Å²) in [4.78, 5) is 29.2. The summed E-state index contributed by atoms with van der Waals surface area (Å²) in [5, 5.41) is 2.75. The Kier molecular flexibility index (Phi) is 4.73. The molecule has 0 radical (unpaired) electrons. The number of halogens is 1. The second kappa shape index (κ2) is 7.19. The zero-order chi connectivity index (χ0) is 19.0. The second-order valence-electron chi connectivity index (χ2n) is 6.63. The van der Waals surface area contributed by atoms with Crippen LogP contribution in [0.25, 0.3) is 5.57 Å². The van der Waals surface area contributed by atoms with Gasteiger partial charge < -0.3 is 14.6 Å². The van der Waals surface area contributed by atoms with Gasteiger partial charge >= 0.3 is 6.09 Å². The molecular weight excluding hydrogens is 412 g/mol. The fourth-order valence-corrected chi connectivity index (χ4v) is 3.88. The monoisotopic (exact) mass is 430 g/mol. The molecule has 2 aliphatic rings. The van der Waals surface area contributed by atoms with Crippen LogP contribution in [0.3, 0.4) is 0 Å². The number of nitrogens with zero attached hydrogens (tertiary/aromatic N) is 3. The number of benzene rings is 1. The average Bonchev–Trinajstić information content (AvgIpc) is 3.22. The highest BCUT2D eigenvalue weighted by Crippen LogP contribution is 2.30. The van der Waals surface area contributed by atoms with E-state index in [1.54, 1.807) is 4.90 Å². The molecule has 0 aliphatic carbocycles. The molecule has 1 aromatic heterocycles. The first kappa shape index (κ1) is 17.8. The molecular formula is C19H19BrN4O3. The van der Waals surface area contributed by atoms with E-state index >= 15 is 0 Å². The third-order valence-electron chi connectivity index (χ3n) is 4.85. The lowest BCUT2D eigenvalue weighted by atomic mass is 9.98. The van der Waals surface area contributed by atoms with Crippen molar-refractivity contribution in [2.75, 3.05) is 18.1 Å². The zero-order valence-electron chi connectivity index (χ0n) is 14.8. The first-order chi connectivity index (χ1) is 13.0. The maximum Gasteiger partial charge on any atom is 0.414 e. The standard InChI is InChI=1S/C19H19BrN4O3/c1-12(25)21-9-16-10-27-19(26)24(16)15-4-2-13(3-5-15)14-6-7-23-11-22-18(20)17(23)8-14/h2-6,11,16H,7-10H2,1H3,(H,21,25). The van der Waals surface area contributed by atoms with E-state index in [1.165, 1.54) is 12.5 Å². The van der Waals surface area contributed by atoms with Crippen molar-refractivity contribution in [2.24, 2.45) is 0 Å². The van der Waals surface area contributed by atoms with E-state index in [9.17, 15) is 9.59 Å². The van der Waals surface area contributed by atoms with Gasteiger partial charge in [0.2, 0.25) is 5.91 Å². The number of cyclic esters (lactones) is 1. The predicted molar refractivity (Wildman–Crippen MR) is 104 cm³/mol. The smallest absolute Gasteiger partial charge is 0.414 e. The van der Waals surface area contributed by atoms with E-state index in [0.717, 1.165) is 34.5 Å². The summed E-state index contributed by atoms with van der Waals surface area (Å²) in [5.41, 5.74) is 4.27. The molecule has 1 aromatic carbocycles. The van der Waals surface area contributed by atoms with Crippen LogP contribution >= 0.6 is 15.9 Å². The van der Waals surface area contributed by atoms with Gasteiger partial charge in [-0.3, -0.25) is 9.69 Å². The molecule has 2 amide bonds. The minimum atomic E-state index is -0.386. The Bertz CT molecular complexity index is 920. The highest BCUT2D eigenvalue weighted by molar-refractivity contribution is 9.10. The van der Waals surface area contributed by atoms with Gasteiger partial charge in [0.15, 0.2) is 0 Å². The average molecular weight is 431 g/mol. The van der Waals surface area contributed by atoms with Gasteiger partial charge in [-0.2, -0.15) is 0 Å². The van der Waals surface area contributed by atoms with Gasteiger partial charge in [-0.05, 0) is 39.2 Å². The molecule has 1 saturated heterocycles. The van der Waals surface area contributed by atoms with Crippen LogP contribution in [0.15, 0.2) is 41.3 Å². The third kappa shape index (κ3) is 3.49. The molecule has 1 unspecified atom stereocenters. The molecule has 1 fully saturated rings.